The molecule has 1 heterocycles. The van der Waals surface area contributed by atoms with Gasteiger partial charge in [0.1, 0.15) is 0 Å². The number of hydrogen-bond donors (Lipinski definition) is 1. The van der Waals surface area contributed by atoms with Crippen molar-refractivity contribution >= 4 is 23.5 Å². The van der Waals surface area contributed by atoms with Gasteiger partial charge in [0, 0.05) is 17.6 Å². The molecule has 0 spiro atoms. The molecule has 1 aromatic heterocycles. The minimum absolute atomic E-state index is 0.0654. The van der Waals surface area contributed by atoms with E-state index in [1.165, 1.54) is 11.1 Å². The standard InChI is InChI=1S/C16H20N2OS2/c1-3-8-20-11-14-9-15(19)18-16(17-14)21-10-13-7-5-4-6-12(13)2/h4-7,9H,3,8,10-11H2,1-2H3,(H,17,18,19). The number of nitrogens with zero attached hydrogens (tertiary/aromatic N) is 1. The second-order valence-electron chi connectivity index (χ2n) is 4.81. The smallest absolute Gasteiger partial charge is 0.251 e. The van der Waals surface area contributed by atoms with Crippen LogP contribution in [0.2, 0.25) is 0 Å². The van der Waals surface area contributed by atoms with Crippen LogP contribution in [0.25, 0.3) is 0 Å². The first-order valence-corrected chi connectivity index (χ1v) is 9.18. The molecule has 112 valence electrons. The van der Waals surface area contributed by atoms with E-state index in [-0.39, 0.29) is 5.56 Å². The number of nitrogens with one attached hydrogen (secondary N) is 1. The van der Waals surface area contributed by atoms with Crippen molar-refractivity contribution < 1.29 is 0 Å². The summed E-state index contributed by atoms with van der Waals surface area (Å²) in [7, 11) is 0. The number of benzene rings is 1. The number of H-pyrrole nitrogens is 1. The van der Waals surface area contributed by atoms with E-state index in [1.807, 2.05) is 23.9 Å². The van der Waals surface area contributed by atoms with Gasteiger partial charge >= 0.3 is 0 Å². The number of hydrogen-bond acceptors (Lipinski definition) is 4. The molecule has 0 bridgehead atoms. The van der Waals surface area contributed by atoms with Crippen LogP contribution in [0, 0.1) is 6.92 Å². The van der Waals surface area contributed by atoms with Gasteiger partial charge in [0.15, 0.2) is 5.16 Å². The Kier molecular flexibility index (Phi) is 6.39. The van der Waals surface area contributed by atoms with Gasteiger partial charge in [-0.25, -0.2) is 4.98 Å². The lowest BCUT2D eigenvalue weighted by Crippen LogP contribution is -2.09. The summed E-state index contributed by atoms with van der Waals surface area (Å²) in [6.07, 6.45) is 1.14. The minimum Gasteiger partial charge on any atom is -0.301 e. The summed E-state index contributed by atoms with van der Waals surface area (Å²) in [5.41, 5.74) is 3.34. The van der Waals surface area contributed by atoms with E-state index in [0.29, 0.717) is 5.16 Å². The van der Waals surface area contributed by atoms with Crippen molar-refractivity contribution in [3.8, 4) is 0 Å². The summed E-state index contributed by atoms with van der Waals surface area (Å²) >= 11 is 3.40. The molecule has 0 unspecified atom stereocenters. The summed E-state index contributed by atoms with van der Waals surface area (Å²) in [6, 6.07) is 9.89. The molecule has 1 aromatic carbocycles. The average molecular weight is 320 g/mol. The molecule has 1 N–H and O–H groups in total. The Labute approximate surface area is 134 Å². The lowest BCUT2D eigenvalue weighted by atomic mass is 10.1. The van der Waals surface area contributed by atoms with Crippen LogP contribution in [0.15, 0.2) is 40.3 Å². The highest BCUT2D eigenvalue weighted by Crippen LogP contribution is 2.21. The predicted molar refractivity (Wildman–Crippen MR) is 92.1 cm³/mol. The van der Waals surface area contributed by atoms with E-state index < -0.39 is 0 Å². The van der Waals surface area contributed by atoms with Crippen LogP contribution >= 0.6 is 23.5 Å². The summed E-state index contributed by atoms with van der Waals surface area (Å²) in [4.78, 5) is 19.1. The van der Waals surface area contributed by atoms with E-state index in [1.54, 1.807) is 17.8 Å². The van der Waals surface area contributed by atoms with Gasteiger partial charge in [0.05, 0.1) is 5.69 Å². The third kappa shape index (κ3) is 5.25. The Morgan fingerprint density at radius 3 is 2.81 bits per heavy atom. The van der Waals surface area contributed by atoms with Crippen LogP contribution < -0.4 is 5.56 Å². The number of aryl methyl sites for hydroxylation is 1. The molecule has 0 amide bonds. The molecular weight excluding hydrogens is 300 g/mol. The summed E-state index contributed by atoms with van der Waals surface area (Å²) < 4.78 is 0. The van der Waals surface area contributed by atoms with Crippen LogP contribution in [0.5, 0.6) is 0 Å². The van der Waals surface area contributed by atoms with Gasteiger partial charge < -0.3 is 4.98 Å². The van der Waals surface area contributed by atoms with E-state index >= 15 is 0 Å². The average Bonchev–Trinajstić information content (AvgIpc) is 2.46. The fraction of sp³-hybridized carbons (Fsp3) is 0.375. The van der Waals surface area contributed by atoms with Crippen molar-refractivity contribution in [3.63, 3.8) is 0 Å². The first kappa shape index (κ1) is 16.2. The molecule has 0 atom stereocenters. The summed E-state index contributed by atoms with van der Waals surface area (Å²) in [5, 5.41) is 0.706. The Bertz CT molecular complexity index is 640. The molecule has 0 aliphatic heterocycles. The van der Waals surface area contributed by atoms with Gasteiger partial charge in [-0.3, -0.25) is 4.79 Å². The molecular formula is C16H20N2OS2. The monoisotopic (exact) mass is 320 g/mol. The fourth-order valence-electron chi connectivity index (χ4n) is 1.86. The zero-order valence-electron chi connectivity index (χ0n) is 12.4. The highest BCUT2D eigenvalue weighted by Gasteiger charge is 2.04. The molecule has 21 heavy (non-hydrogen) atoms. The molecule has 0 aliphatic rings. The number of rotatable bonds is 7. The summed E-state index contributed by atoms with van der Waals surface area (Å²) in [6.45, 7) is 4.26. The largest absolute Gasteiger partial charge is 0.301 e. The van der Waals surface area contributed by atoms with Gasteiger partial charge in [-0.1, -0.05) is 43.0 Å². The summed E-state index contributed by atoms with van der Waals surface area (Å²) in [5.74, 6) is 2.72. The molecule has 5 heteroatoms. The number of aromatic amines is 1. The molecule has 0 aliphatic carbocycles. The lowest BCUT2D eigenvalue weighted by Gasteiger charge is -2.06. The van der Waals surface area contributed by atoms with Crippen LogP contribution in [0.1, 0.15) is 30.2 Å². The second-order valence-corrected chi connectivity index (χ2v) is 6.88. The highest BCUT2D eigenvalue weighted by molar-refractivity contribution is 7.98. The maximum absolute atomic E-state index is 11.7. The van der Waals surface area contributed by atoms with Gasteiger partial charge in [-0.2, -0.15) is 11.8 Å². The molecule has 3 nitrogen and oxygen atoms in total. The zero-order chi connectivity index (χ0) is 15.1. The molecule has 0 saturated carbocycles. The van der Waals surface area contributed by atoms with Gasteiger partial charge in [0.25, 0.3) is 5.56 Å². The van der Waals surface area contributed by atoms with Crippen molar-refractivity contribution in [2.24, 2.45) is 0 Å². The van der Waals surface area contributed by atoms with Crippen LogP contribution in [-0.4, -0.2) is 15.7 Å². The lowest BCUT2D eigenvalue weighted by molar-refractivity contribution is 0.899. The Morgan fingerprint density at radius 2 is 2.05 bits per heavy atom. The molecule has 2 rings (SSSR count). The van der Waals surface area contributed by atoms with Crippen molar-refractivity contribution in [1.82, 2.24) is 9.97 Å². The molecule has 0 saturated heterocycles. The quantitative estimate of drug-likeness (QED) is 0.475. The van der Waals surface area contributed by atoms with Gasteiger partial charge in [-0.05, 0) is 30.2 Å². The molecule has 0 fully saturated rings. The third-order valence-electron chi connectivity index (χ3n) is 3.00. The number of aromatic nitrogens is 2. The third-order valence-corrected chi connectivity index (χ3v) is 5.12. The minimum atomic E-state index is -0.0654. The predicted octanol–water partition coefficient (Wildman–Crippen LogP) is 4.01. The Balaban J connectivity index is 2.03. The first-order chi connectivity index (χ1) is 10.2. The normalized spacial score (nSPS) is 10.8. The van der Waals surface area contributed by atoms with Crippen LogP contribution in [-0.2, 0) is 11.5 Å². The fourth-order valence-corrected chi connectivity index (χ4v) is 3.63. The topological polar surface area (TPSA) is 45.8 Å². The second kappa shape index (κ2) is 8.29. The van der Waals surface area contributed by atoms with Crippen LogP contribution in [0.4, 0.5) is 0 Å². The first-order valence-electron chi connectivity index (χ1n) is 7.04. The maximum Gasteiger partial charge on any atom is 0.251 e. The van der Waals surface area contributed by atoms with Crippen molar-refractivity contribution in [2.45, 2.75) is 36.9 Å². The number of thioether (sulfide) groups is 2. The van der Waals surface area contributed by atoms with Crippen molar-refractivity contribution in [3.05, 3.63) is 57.5 Å². The van der Waals surface area contributed by atoms with Crippen molar-refractivity contribution in [1.29, 1.82) is 0 Å². The Morgan fingerprint density at radius 1 is 1.24 bits per heavy atom. The Hall–Kier alpha value is -1.20. The van der Waals surface area contributed by atoms with E-state index in [0.717, 1.165) is 29.4 Å². The van der Waals surface area contributed by atoms with Crippen LogP contribution in [0.3, 0.4) is 0 Å². The SMILES string of the molecule is CCCSCc1cc(=O)[nH]c(SCc2ccccc2C)n1. The molecule has 2 aromatic rings. The van der Waals surface area contributed by atoms with Gasteiger partial charge in [0.2, 0.25) is 0 Å². The molecule has 0 radical (unpaired) electrons. The van der Waals surface area contributed by atoms with E-state index in [9.17, 15) is 4.79 Å². The van der Waals surface area contributed by atoms with E-state index in [2.05, 4.69) is 35.9 Å². The van der Waals surface area contributed by atoms with E-state index in [4.69, 9.17) is 0 Å². The highest BCUT2D eigenvalue weighted by atomic mass is 32.2. The van der Waals surface area contributed by atoms with Crippen molar-refractivity contribution in [2.75, 3.05) is 5.75 Å². The maximum atomic E-state index is 11.7. The van der Waals surface area contributed by atoms with Gasteiger partial charge in [-0.15, -0.1) is 0 Å². The zero-order valence-corrected chi connectivity index (χ0v) is 14.0.